The Kier molecular flexibility index (Phi) is 7.03. The number of benzene rings is 3. The molecule has 7 nitrogen and oxygen atoms in total. The first-order valence-electron chi connectivity index (χ1n) is 10.9. The molecule has 7 heteroatoms. The summed E-state index contributed by atoms with van der Waals surface area (Å²) >= 11 is 0. The lowest BCUT2D eigenvalue weighted by molar-refractivity contribution is 0.0663. The van der Waals surface area contributed by atoms with Crippen LogP contribution >= 0.6 is 0 Å². The van der Waals surface area contributed by atoms with E-state index < -0.39 is 23.1 Å². The molecule has 0 aliphatic rings. The minimum Gasteiger partial charge on any atom is -0.494 e. The molecule has 1 heterocycles. The third kappa shape index (κ3) is 5.50. The number of nitrogens with one attached hydrogen (secondary N) is 1. The summed E-state index contributed by atoms with van der Waals surface area (Å²) in [6.07, 6.45) is 2.95. The molecule has 0 atom stereocenters. The van der Waals surface area contributed by atoms with Gasteiger partial charge in [-0.3, -0.25) is 9.59 Å². The zero-order chi connectivity index (χ0) is 23.9. The van der Waals surface area contributed by atoms with Gasteiger partial charge in [0.25, 0.3) is 5.91 Å². The van der Waals surface area contributed by atoms with Crippen LogP contribution in [0.25, 0.3) is 11.0 Å². The number of carbonyl (C=O) groups excluding carboxylic acids is 1. The molecule has 1 amide bonds. The Balaban J connectivity index is 1.36. The number of hydrogen-bond acceptors (Lipinski definition) is 5. The molecular formula is C27H23NO6. The fourth-order valence-electron chi connectivity index (χ4n) is 3.54. The molecule has 34 heavy (non-hydrogen) atoms. The van der Waals surface area contributed by atoms with Crippen LogP contribution in [0.5, 0.6) is 5.75 Å². The number of unbranched alkanes of at least 4 members (excludes halogenated alkanes) is 1. The molecule has 0 saturated carbocycles. The first kappa shape index (κ1) is 22.8. The Hall–Kier alpha value is -4.39. The fraction of sp³-hybridized carbons (Fsp3) is 0.148. The summed E-state index contributed by atoms with van der Waals surface area (Å²) < 4.78 is 11.1. The molecule has 0 radical (unpaired) electrons. The number of aryl methyl sites for hydroxylation is 1. The highest BCUT2D eigenvalue weighted by Gasteiger charge is 2.15. The van der Waals surface area contributed by atoms with E-state index >= 15 is 0 Å². The van der Waals surface area contributed by atoms with Crippen molar-refractivity contribution in [3.63, 3.8) is 0 Å². The Morgan fingerprint density at radius 1 is 0.912 bits per heavy atom. The Morgan fingerprint density at radius 3 is 2.41 bits per heavy atom. The van der Waals surface area contributed by atoms with E-state index in [1.807, 2.05) is 18.2 Å². The molecule has 3 aromatic carbocycles. The van der Waals surface area contributed by atoms with Crippen molar-refractivity contribution in [1.82, 2.24) is 0 Å². The Labute approximate surface area is 195 Å². The maximum absolute atomic E-state index is 12.7. The van der Waals surface area contributed by atoms with E-state index in [0.29, 0.717) is 17.9 Å². The van der Waals surface area contributed by atoms with E-state index in [4.69, 9.17) is 14.3 Å². The van der Waals surface area contributed by atoms with Crippen molar-refractivity contribution < 1.29 is 23.8 Å². The molecule has 2 N–H and O–H groups in total. The number of ether oxygens (including phenoxy) is 1. The third-order valence-corrected chi connectivity index (χ3v) is 5.30. The van der Waals surface area contributed by atoms with Crippen LogP contribution < -0.4 is 15.5 Å². The van der Waals surface area contributed by atoms with Crippen molar-refractivity contribution in [1.29, 1.82) is 0 Å². The van der Waals surface area contributed by atoms with Crippen LogP contribution in [0, 0.1) is 0 Å². The van der Waals surface area contributed by atoms with Crippen molar-refractivity contribution in [2.24, 2.45) is 0 Å². The zero-order valence-electron chi connectivity index (χ0n) is 18.3. The molecule has 1 aromatic heterocycles. The van der Waals surface area contributed by atoms with Gasteiger partial charge in [-0.2, -0.15) is 0 Å². The van der Waals surface area contributed by atoms with E-state index in [0.717, 1.165) is 25.3 Å². The average Bonchev–Trinajstić information content (AvgIpc) is 2.85. The lowest BCUT2D eigenvalue weighted by Gasteiger charge is -2.10. The first-order chi connectivity index (χ1) is 16.5. The number of amides is 1. The summed E-state index contributed by atoms with van der Waals surface area (Å²) in [4.78, 5) is 36.1. The smallest absolute Gasteiger partial charge is 0.371 e. The standard InChI is InChI=1S/C27H23NO6/c29-23-17-24(27(31)32)34-25-21(23)10-6-11-22(25)28-26(30)19-12-14-20(15-13-19)33-16-5-4-9-18-7-2-1-3-8-18/h1-3,6-8,10-15,17H,4-5,9,16H2,(H,28,30)(H,31,32). The maximum atomic E-state index is 12.7. The largest absolute Gasteiger partial charge is 0.494 e. The number of aromatic carboxylic acids is 1. The summed E-state index contributed by atoms with van der Waals surface area (Å²) in [6.45, 7) is 0.583. The SMILES string of the molecule is O=C(Nc1cccc2c(=O)cc(C(=O)O)oc12)c1ccc(OCCCCc2ccccc2)cc1. The molecule has 172 valence electrons. The molecule has 0 bridgehead atoms. The predicted octanol–water partition coefficient (Wildman–Crippen LogP) is 5.15. The van der Waals surface area contributed by atoms with Gasteiger partial charge < -0.3 is 19.6 Å². The molecule has 0 fully saturated rings. The number of carboxylic acids is 1. The number of fused-ring (bicyclic) bond motifs is 1. The molecule has 4 rings (SSSR count). The summed E-state index contributed by atoms with van der Waals surface area (Å²) in [5.41, 5.74) is 1.41. The highest BCUT2D eigenvalue weighted by atomic mass is 16.5. The second kappa shape index (κ2) is 10.5. The highest BCUT2D eigenvalue weighted by Crippen LogP contribution is 2.23. The second-order valence-corrected chi connectivity index (χ2v) is 7.73. The van der Waals surface area contributed by atoms with Gasteiger partial charge in [0.2, 0.25) is 5.76 Å². The number of carbonyl (C=O) groups is 2. The van der Waals surface area contributed by atoms with E-state index in [-0.39, 0.29) is 16.7 Å². The maximum Gasteiger partial charge on any atom is 0.371 e. The van der Waals surface area contributed by atoms with Gasteiger partial charge in [-0.05, 0) is 61.2 Å². The Bertz CT molecular complexity index is 1360. The lowest BCUT2D eigenvalue weighted by atomic mass is 10.1. The average molecular weight is 457 g/mol. The predicted molar refractivity (Wildman–Crippen MR) is 129 cm³/mol. The van der Waals surface area contributed by atoms with Crippen molar-refractivity contribution >= 4 is 28.5 Å². The number of hydrogen-bond donors (Lipinski definition) is 2. The van der Waals surface area contributed by atoms with Gasteiger partial charge in [0, 0.05) is 11.6 Å². The van der Waals surface area contributed by atoms with Gasteiger partial charge in [0.15, 0.2) is 11.0 Å². The van der Waals surface area contributed by atoms with Crippen molar-refractivity contribution in [2.45, 2.75) is 19.3 Å². The summed E-state index contributed by atoms with van der Waals surface area (Å²) in [7, 11) is 0. The van der Waals surface area contributed by atoms with Crippen molar-refractivity contribution in [3.8, 4) is 5.75 Å². The van der Waals surface area contributed by atoms with Crippen LogP contribution in [0.4, 0.5) is 5.69 Å². The van der Waals surface area contributed by atoms with Gasteiger partial charge in [0.05, 0.1) is 17.7 Å². The molecule has 4 aromatic rings. The highest BCUT2D eigenvalue weighted by molar-refractivity contribution is 6.08. The topological polar surface area (TPSA) is 106 Å². The normalized spacial score (nSPS) is 10.7. The minimum absolute atomic E-state index is 0.0104. The minimum atomic E-state index is -1.37. The van der Waals surface area contributed by atoms with Crippen LogP contribution in [-0.2, 0) is 6.42 Å². The number of carboxylic acid groups (broad SMARTS) is 1. The molecule has 0 saturated heterocycles. The van der Waals surface area contributed by atoms with Crippen molar-refractivity contribution in [3.05, 3.63) is 106 Å². The monoisotopic (exact) mass is 457 g/mol. The summed E-state index contributed by atoms with van der Waals surface area (Å²) in [5, 5.41) is 12.0. The van der Waals surface area contributed by atoms with Crippen LogP contribution in [0.3, 0.4) is 0 Å². The second-order valence-electron chi connectivity index (χ2n) is 7.73. The molecule has 0 unspecified atom stereocenters. The van der Waals surface area contributed by atoms with Gasteiger partial charge in [-0.25, -0.2) is 4.79 Å². The fourth-order valence-corrected chi connectivity index (χ4v) is 3.54. The summed E-state index contributed by atoms with van der Waals surface area (Å²) in [5.74, 6) is -1.62. The van der Waals surface area contributed by atoms with Crippen molar-refractivity contribution in [2.75, 3.05) is 11.9 Å². The molecule has 0 aliphatic carbocycles. The third-order valence-electron chi connectivity index (χ3n) is 5.30. The molecule has 0 aliphatic heterocycles. The lowest BCUT2D eigenvalue weighted by Crippen LogP contribution is -2.13. The quantitative estimate of drug-likeness (QED) is 0.337. The van der Waals surface area contributed by atoms with Gasteiger partial charge >= 0.3 is 5.97 Å². The Morgan fingerprint density at radius 2 is 1.68 bits per heavy atom. The van der Waals surface area contributed by atoms with E-state index in [9.17, 15) is 14.4 Å². The first-order valence-corrected chi connectivity index (χ1v) is 10.9. The van der Waals surface area contributed by atoms with E-state index in [1.54, 1.807) is 36.4 Å². The van der Waals surface area contributed by atoms with Gasteiger partial charge in [-0.1, -0.05) is 36.4 Å². The zero-order valence-corrected chi connectivity index (χ0v) is 18.3. The van der Waals surface area contributed by atoms with Crippen LogP contribution in [0.1, 0.15) is 39.3 Å². The number of rotatable bonds is 9. The molecule has 0 spiro atoms. The summed E-state index contributed by atoms with van der Waals surface area (Å²) in [6, 6.07) is 22.6. The van der Waals surface area contributed by atoms with Crippen LogP contribution in [0.2, 0.25) is 0 Å². The number of para-hydroxylation sites is 1. The van der Waals surface area contributed by atoms with Crippen LogP contribution in [0.15, 0.2) is 88.1 Å². The van der Waals surface area contributed by atoms with E-state index in [1.165, 1.54) is 11.6 Å². The molecular weight excluding hydrogens is 434 g/mol. The van der Waals surface area contributed by atoms with Gasteiger partial charge in [0.1, 0.15) is 5.75 Å². The van der Waals surface area contributed by atoms with E-state index in [2.05, 4.69) is 17.4 Å². The van der Waals surface area contributed by atoms with Gasteiger partial charge in [-0.15, -0.1) is 0 Å². The van der Waals surface area contributed by atoms with Crippen LogP contribution in [-0.4, -0.2) is 23.6 Å². The number of anilines is 1.